The zero-order valence-electron chi connectivity index (χ0n) is 5.33. The highest BCUT2D eigenvalue weighted by Crippen LogP contribution is 1.89. The second-order valence-electron chi connectivity index (χ2n) is 1.81. The molecule has 0 aliphatic carbocycles. The van der Waals surface area contributed by atoms with E-state index in [0.717, 1.165) is 0 Å². The van der Waals surface area contributed by atoms with Crippen molar-refractivity contribution in [3.05, 3.63) is 0 Å². The summed E-state index contributed by atoms with van der Waals surface area (Å²) in [5.74, 6) is 0. The van der Waals surface area contributed by atoms with Crippen LogP contribution in [0.15, 0.2) is 0 Å². The lowest BCUT2D eigenvalue weighted by Crippen LogP contribution is -2.06. The Morgan fingerprint density at radius 1 is 1.43 bits per heavy atom. The lowest BCUT2D eigenvalue weighted by atomic mass is 10.2. The fourth-order valence-electron chi connectivity index (χ4n) is 0.552. The molecule has 0 bridgehead atoms. The van der Waals surface area contributed by atoms with Crippen molar-refractivity contribution in [2.45, 2.75) is 26.2 Å². The molecule has 0 aliphatic rings. The van der Waals surface area contributed by atoms with E-state index >= 15 is 0 Å². The molecule has 1 heteroatoms. The van der Waals surface area contributed by atoms with E-state index in [1.807, 2.05) is 7.05 Å². The monoisotopic (exact) mass is 103 g/mol. The zero-order valence-corrected chi connectivity index (χ0v) is 5.33. The molecule has 0 fully saturated rings. The van der Waals surface area contributed by atoms with Crippen LogP contribution in [0.2, 0.25) is 0 Å². The van der Waals surface area contributed by atoms with Crippen molar-refractivity contribution in [2.24, 2.45) is 0 Å². The number of hydrogen-bond donors (Lipinski definition) is 1. The summed E-state index contributed by atoms with van der Waals surface area (Å²) in [6, 6.07) is 0. The van der Waals surface area contributed by atoms with E-state index < -0.39 is 0 Å². The molecule has 0 radical (unpaired) electrons. The van der Waals surface area contributed by atoms with Crippen LogP contribution in [0.4, 0.5) is 0 Å². The first-order valence-corrected chi connectivity index (χ1v) is 3.06. The Morgan fingerprint density at radius 2 is 2.14 bits per heavy atom. The molecular weight excluding hydrogens is 86.1 g/mol. The minimum atomic E-state index is 0. The minimum absolute atomic E-state index is 0. The van der Waals surface area contributed by atoms with E-state index in [1.54, 1.807) is 0 Å². The molecule has 0 aromatic carbocycles. The molecule has 1 N–H and O–H groups in total. The summed E-state index contributed by atoms with van der Waals surface area (Å²) in [6.07, 6.45) is 4.01. The Bertz CT molecular complexity index is 27.7. The number of hydrogen-bond acceptors (Lipinski definition) is 1. The molecule has 0 aromatic heterocycles. The van der Waals surface area contributed by atoms with Gasteiger partial charge in [-0.3, -0.25) is 0 Å². The first-order valence-electron chi connectivity index (χ1n) is 3.06. The van der Waals surface area contributed by atoms with Gasteiger partial charge >= 0.3 is 0 Å². The van der Waals surface area contributed by atoms with Crippen LogP contribution in [0.1, 0.15) is 27.6 Å². The van der Waals surface area contributed by atoms with E-state index in [4.69, 9.17) is 0 Å². The molecule has 0 heterocycles. The fourth-order valence-corrected chi connectivity index (χ4v) is 0.552. The summed E-state index contributed by atoms with van der Waals surface area (Å²) in [4.78, 5) is 0. The van der Waals surface area contributed by atoms with Crippen molar-refractivity contribution in [1.82, 2.24) is 5.32 Å². The Morgan fingerprint density at radius 3 is 2.57 bits per heavy atom. The third-order valence-corrected chi connectivity index (χ3v) is 1.03. The molecule has 7 heavy (non-hydrogen) atoms. The molecule has 0 rings (SSSR count). The Hall–Kier alpha value is -0.0400. The maximum absolute atomic E-state index is 3.10. The third-order valence-electron chi connectivity index (χ3n) is 1.03. The maximum Gasteiger partial charge on any atom is 0 e. The molecule has 0 atom stereocenters. The Kier molecular flexibility index (Phi) is 5.93. The van der Waals surface area contributed by atoms with Crippen LogP contribution >= 0.6 is 0 Å². The zero-order chi connectivity index (χ0) is 5.54. The molecule has 0 unspecified atom stereocenters. The topological polar surface area (TPSA) is 12.0 Å². The molecule has 0 aromatic rings. The third kappa shape index (κ3) is 5.96. The quantitative estimate of drug-likeness (QED) is 0.533. The standard InChI is InChI=1S/C6H15N.H2/c1-3-4-5-6-7-2;/h7H,3-6H2,1-2H3;1H. The van der Waals surface area contributed by atoms with Gasteiger partial charge in [-0.25, -0.2) is 0 Å². The number of rotatable bonds is 4. The second-order valence-corrected chi connectivity index (χ2v) is 1.81. The highest BCUT2D eigenvalue weighted by Gasteiger charge is 1.78. The number of unbranched alkanes of at least 4 members (excludes halogenated alkanes) is 2. The summed E-state index contributed by atoms with van der Waals surface area (Å²) in [5.41, 5.74) is 0. The Labute approximate surface area is 47.6 Å². The van der Waals surface area contributed by atoms with Crippen molar-refractivity contribution >= 4 is 0 Å². The van der Waals surface area contributed by atoms with Gasteiger partial charge in [0.1, 0.15) is 0 Å². The molecule has 0 spiro atoms. The van der Waals surface area contributed by atoms with Gasteiger partial charge in [0.15, 0.2) is 0 Å². The van der Waals surface area contributed by atoms with E-state index in [-0.39, 0.29) is 1.43 Å². The second kappa shape index (κ2) is 5.96. The van der Waals surface area contributed by atoms with Gasteiger partial charge in [0.2, 0.25) is 0 Å². The molecule has 0 amide bonds. The van der Waals surface area contributed by atoms with Gasteiger partial charge in [-0.15, -0.1) is 0 Å². The fraction of sp³-hybridized carbons (Fsp3) is 1.00. The van der Waals surface area contributed by atoms with E-state index in [9.17, 15) is 0 Å². The van der Waals surface area contributed by atoms with Crippen LogP contribution in [-0.4, -0.2) is 13.6 Å². The van der Waals surface area contributed by atoms with Gasteiger partial charge in [0, 0.05) is 1.43 Å². The average Bonchev–Trinajstić information content (AvgIpc) is 1.69. The van der Waals surface area contributed by atoms with Crippen LogP contribution in [-0.2, 0) is 0 Å². The predicted octanol–water partition coefficient (Wildman–Crippen LogP) is 1.64. The van der Waals surface area contributed by atoms with Crippen molar-refractivity contribution in [2.75, 3.05) is 13.6 Å². The molecular formula is C6H17N. The summed E-state index contributed by atoms with van der Waals surface area (Å²) < 4.78 is 0. The van der Waals surface area contributed by atoms with E-state index in [1.165, 1.54) is 25.8 Å². The predicted molar refractivity (Wildman–Crippen MR) is 35.6 cm³/mol. The molecule has 0 saturated heterocycles. The van der Waals surface area contributed by atoms with E-state index in [0.29, 0.717) is 0 Å². The SMILES string of the molecule is CCCCCNC.[HH]. The van der Waals surface area contributed by atoms with Crippen LogP contribution in [0.5, 0.6) is 0 Å². The molecule has 0 aliphatic heterocycles. The van der Waals surface area contributed by atoms with Gasteiger partial charge in [-0.2, -0.15) is 0 Å². The van der Waals surface area contributed by atoms with E-state index in [2.05, 4.69) is 12.2 Å². The van der Waals surface area contributed by atoms with Crippen LogP contribution in [0.25, 0.3) is 0 Å². The summed E-state index contributed by atoms with van der Waals surface area (Å²) >= 11 is 0. The van der Waals surface area contributed by atoms with Crippen molar-refractivity contribution in [3.63, 3.8) is 0 Å². The lowest BCUT2D eigenvalue weighted by Gasteiger charge is -1.93. The van der Waals surface area contributed by atoms with Crippen molar-refractivity contribution in [1.29, 1.82) is 0 Å². The molecule has 0 saturated carbocycles. The largest absolute Gasteiger partial charge is 0.320 e. The van der Waals surface area contributed by atoms with Crippen LogP contribution < -0.4 is 5.32 Å². The van der Waals surface area contributed by atoms with Gasteiger partial charge in [-0.05, 0) is 20.0 Å². The van der Waals surface area contributed by atoms with Crippen LogP contribution in [0, 0.1) is 0 Å². The molecule has 46 valence electrons. The highest BCUT2D eigenvalue weighted by molar-refractivity contribution is 4.39. The van der Waals surface area contributed by atoms with Gasteiger partial charge < -0.3 is 5.32 Å². The van der Waals surface area contributed by atoms with Gasteiger partial charge in [0.05, 0.1) is 0 Å². The minimum Gasteiger partial charge on any atom is -0.320 e. The first kappa shape index (κ1) is 6.96. The smallest absolute Gasteiger partial charge is 0 e. The highest BCUT2D eigenvalue weighted by atomic mass is 14.8. The Balaban J connectivity index is 0. The normalized spacial score (nSPS) is 9.43. The summed E-state index contributed by atoms with van der Waals surface area (Å²) in [6.45, 7) is 3.39. The van der Waals surface area contributed by atoms with Gasteiger partial charge in [0.25, 0.3) is 0 Å². The lowest BCUT2D eigenvalue weighted by molar-refractivity contribution is 0.667. The van der Waals surface area contributed by atoms with Crippen molar-refractivity contribution < 1.29 is 1.43 Å². The summed E-state index contributed by atoms with van der Waals surface area (Å²) in [7, 11) is 2.00. The van der Waals surface area contributed by atoms with Gasteiger partial charge in [-0.1, -0.05) is 19.8 Å². The number of nitrogens with one attached hydrogen (secondary N) is 1. The van der Waals surface area contributed by atoms with Crippen molar-refractivity contribution in [3.8, 4) is 0 Å². The maximum atomic E-state index is 3.10. The van der Waals surface area contributed by atoms with Crippen LogP contribution in [0.3, 0.4) is 0 Å². The molecule has 1 nitrogen and oxygen atoms in total. The summed E-state index contributed by atoms with van der Waals surface area (Å²) in [5, 5.41) is 3.10. The average molecular weight is 103 g/mol. The first-order chi connectivity index (χ1) is 3.41.